The van der Waals surface area contributed by atoms with Gasteiger partial charge in [0.15, 0.2) is 0 Å². The number of carboxylic acid groups (broad SMARTS) is 1. The number of carbonyl (C=O) groups is 2. The number of carbonyl (C=O) groups excluding carboxylic acids is 1. The third kappa shape index (κ3) is 6.13. The minimum atomic E-state index is -1.14. The van der Waals surface area contributed by atoms with Gasteiger partial charge in [0.25, 0.3) is 5.91 Å². The van der Waals surface area contributed by atoms with Crippen molar-refractivity contribution in [2.45, 2.75) is 0 Å². The molecule has 0 saturated heterocycles. The number of rotatable bonds is 4. The van der Waals surface area contributed by atoms with Crippen molar-refractivity contribution in [2.75, 3.05) is 34.2 Å². The smallest absolute Gasteiger partial charge is 0.407 e. The van der Waals surface area contributed by atoms with Gasteiger partial charge >= 0.3 is 6.09 Å². The van der Waals surface area contributed by atoms with Gasteiger partial charge in [-0.1, -0.05) is 0 Å². The molecule has 6 nitrogen and oxygen atoms in total. The quantitative estimate of drug-likeness (QED) is 0.637. The summed E-state index contributed by atoms with van der Waals surface area (Å²) in [6.07, 6.45) is 0.319. The molecule has 0 fully saturated rings. The van der Waals surface area contributed by atoms with Gasteiger partial charge in [0.05, 0.1) is 0 Å². The van der Waals surface area contributed by atoms with Crippen LogP contribution >= 0.6 is 0 Å². The number of hydrogen-bond acceptors (Lipinski definition) is 3. The largest absolute Gasteiger partial charge is 0.465 e. The zero-order valence-corrected chi connectivity index (χ0v) is 8.60. The van der Waals surface area contributed by atoms with Crippen molar-refractivity contribution in [3.8, 4) is 0 Å². The molecule has 14 heavy (non-hydrogen) atoms. The Morgan fingerprint density at radius 2 is 1.93 bits per heavy atom. The zero-order chi connectivity index (χ0) is 11.1. The van der Waals surface area contributed by atoms with Crippen LogP contribution in [0.2, 0.25) is 0 Å². The van der Waals surface area contributed by atoms with Crippen LogP contribution in [0.3, 0.4) is 0 Å². The Morgan fingerprint density at radius 3 is 2.36 bits per heavy atom. The Labute approximate surface area is 82.8 Å². The van der Waals surface area contributed by atoms with E-state index in [1.807, 2.05) is 19.0 Å². The lowest BCUT2D eigenvalue weighted by atomic mass is 10.5. The van der Waals surface area contributed by atoms with Gasteiger partial charge in [0, 0.05) is 19.8 Å². The third-order valence-electron chi connectivity index (χ3n) is 1.38. The summed E-state index contributed by atoms with van der Waals surface area (Å²) in [5, 5.41) is 8.46. The lowest BCUT2D eigenvalue weighted by Crippen LogP contribution is -2.30. The zero-order valence-electron chi connectivity index (χ0n) is 8.60. The van der Waals surface area contributed by atoms with Crippen LogP contribution in [0.25, 0.3) is 0 Å². The molecule has 0 radical (unpaired) electrons. The van der Waals surface area contributed by atoms with E-state index in [9.17, 15) is 9.59 Å². The summed E-state index contributed by atoms with van der Waals surface area (Å²) in [4.78, 5) is 27.7. The van der Waals surface area contributed by atoms with Crippen molar-refractivity contribution in [3.63, 3.8) is 0 Å². The molecule has 80 valence electrons. The van der Waals surface area contributed by atoms with Crippen LogP contribution in [0.15, 0.2) is 4.99 Å². The Kier molecular flexibility index (Phi) is 5.47. The van der Waals surface area contributed by atoms with E-state index in [0.717, 1.165) is 4.90 Å². The van der Waals surface area contributed by atoms with Crippen LogP contribution in [-0.2, 0) is 4.79 Å². The molecule has 0 heterocycles. The molecule has 0 aromatic rings. The topological polar surface area (TPSA) is 73.2 Å². The molecule has 0 saturated carbocycles. The van der Waals surface area contributed by atoms with Crippen molar-refractivity contribution in [3.05, 3.63) is 0 Å². The molecule has 0 aliphatic rings. The van der Waals surface area contributed by atoms with E-state index in [2.05, 4.69) is 4.99 Å². The maximum Gasteiger partial charge on any atom is 0.407 e. The van der Waals surface area contributed by atoms with Gasteiger partial charge in [-0.2, -0.15) is 0 Å². The Balaban J connectivity index is 3.86. The second-order valence-corrected chi connectivity index (χ2v) is 3.11. The van der Waals surface area contributed by atoms with Crippen molar-refractivity contribution >= 4 is 18.2 Å². The summed E-state index contributed by atoms with van der Waals surface area (Å²) in [6, 6.07) is 0. The first-order chi connectivity index (χ1) is 6.43. The summed E-state index contributed by atoms with van der Waals surface area (Å²) in [6.45, 7) is 0.349. The van der Waals surface area contributed by atoms with Crippen LogP contribution in [0.1, 0.15) is 0 Å². The molecule has 6 heteroatoms. The highest BCUT2D eigenvalue weighted by atomic mass is 16.4. The van der Waals surface area contributed by atoms with E-state index in [1.54, 1.807) is 0 Å². The minimum Gasteiger partial charge on any atom is -0.465 e. The van der Waals surface area contributed by atoms with Crippen LogP contribution < -0.4 is 0 Å². The predicted octanol–water partition coefficient (Wildman–Crippen LogP) is -0.245. The van der Waals surface area contributed by atoms with Gasteiger partial charge in [-0.15, -0.1) is 0 Å². The van der Waals surface area contributed by atoms with Gasteiger partial charge in [-0.25, -0.2) is 9.79 Å². The summed E-state index contributed by atoms with van der Waals surface area (Å²) in [7, 11) is 5.02. The standard InChI is InChI=1S/C8H15N3O3/c1-10(2)5-4-9-7(12)6-11(3)8(13)14/h4H,5-6H2,1-3H3,(H,13,14). The molecule has 0 aromatic heterocycles. The highest BCUT2D eigenvalue weighted by Gasteiger charge is 2.08. The van der Waals surface area contributed by atoms with E-state index >= 15 is 0 Å². The molecule has 0 spiro atoms. The molecule has 0 aliphatic carbocycles. The summed E-state index contributed by atoms with van der Waals surface area (Å²) in [5.41, 5.74) is 0. The fourth-order valence-electron chi connectivity index (χ4n) is 0.617. The van der Waals surface area contributed by atoms with Crippen LogP contribution in [-0.4, -0.2) is 67.4 Å². The van der Waals surface area contributed by atoms with E-state index in [1.165, 1.54) is 13.3 Å². The maximum absolute atomic E-state index is 11.0. The average molecular weight is 201 g/mol. The second kappa shape index (κ2) is 6.09. The minimum absolute atomic E-state index is 0.209. The third-order valence-corrected chi connectivity index (χ3v) is 1.38. The van der Waals surface area contributed by atoms with Gasteiger partial charge in [0.1, 0.15) is 6.54 Å². The maximum atomic E-state index is 11.0. The van der Waals surface area contributed by atoms with Gasteiger partial charge < -0.3 is 14.9 Å². The SMILES string of the molecule is CN(C)CC=NC(=O)CN(C)C(=O)O. The summed E-state index contributed by atoms with van der Waals surface area (Å²) in [5.74, 6) is -0.461. The van der Waals surface area contributed by atoms with E-state index in [0.29, 0.717) is 6.54 Å². The fourth-order valence-corrected chi connectivity index (χ4v) is 0.617. The van der Waals surface area contributed by atoms with Crippen LogP contribution in [0.5, 0.6) is 0 Å². The summed E-state index contributed by atoms with van der Waals surface area (Å²) < 4.78 is 0. The first-order valence-electron chi connectivity index (χ1n) is 4.07. The van der Waals surface area contributed by atoms with E-state index in [-0.39, 0.29) is 6.54 Å². The predicted molar refractivity (Wildman–Crippen MR) is 52.7 cm³/mol. The molecule has 2 amide bonds. The van der Waals surface area contributed by atoms with Gasteiger partial charge in [-0.05, 0) is 14.1 Å². The molecular formula is C8H15N3O3. The van der Waals surface area contributed by atoms with Crippen LogP contribution in [0, 0.1) is 0 Å². The fraction of sp³-hybridized carbons (Fsp3) is 0.625. The molecule has 0 rings (SSSR count). The van der Waals surface area contributed by atoms with Crippen molar-refractivity contribution in [1.29, 1.82) is 0 Å². The molecule has 0 aromatic carbocycles. The first-order valence-corrected chi connectivity index (χ1v) is 4.07. The van der Waals surface area contributed by atoms with Gasteiger partial charge in [-0.3, -0.25) is 4.79 Å². The normalized spacial score (nSPS) is 10.9. The summed E-state index contributed by atoms with van der Waals surface area (Å²) >= 11 is 0. The average Bonchev–Trinajstić information content (AvgIpc) is 2.02. The molecule has 0 bridgehead atoms. The molecule has 0 aliphatic heterocycles. The molecule has 0 atom stereocenters. The molecule has 1 N–H and O–H groups in total. The Bertz CT molecular complexity index is 238. The van der Waals surface area contributed by atoms with E-state index in [4.69, 9.17) is 5.11 Å². The lowest BCUT2D eigenvalue weighted by molar-refractivity contribution is -0.118. The Morgan fingerprint density at radius 1 is 1.36 bits per heavy atom. The van der Waals surface area contributed by atoms with E-state index < -0.39 is 12.0 Å². The van der Waals surface area contributed by atoms with Crippen molar-refractivity contribution in [1.82, 2.24) is 9.80 Å². The Hall–Kier alpha value is -1.43. The monoisotopic (exact) mass is 201 g/mol. The number of aliphatic imine (C=N–C) groups is 1. The van der Waals surface area contributed by atoms with Crippen molar-refractivity contribution in [2.24, 2.45) is 4.99 Å². The highest BCUT2D eigenvalue weighted by molar-refractivity contribution is 5.88. The first kappa shape index (κ1) is 12.6. The number of likely N-dealkylation sites (N-methyl/N-ethyl adjacent to an activating group) is 1. The highest BCUT2D eigenvalue weighted by Crippen LogP contribution is 1.85. The molecular weight excluding hydrogens is 186 g/mol. The van der Waals surface area contributed by atoms with Crippen molar-refractivity contribution < 1.29 is 14.7 Å². The molecule has 0 unspecified atom stereocenters. The van der Waals surface area contributed by atoms with Crippen LogP contribution in [0.4, 0.5) is 4.79 Å². The number of nitrogens with zero attached hydrogens (tertiary/aromatic N) is 3. The number of hydrogen-bond donors (Lipinski definition) is 1. The van der Waals surface area contributed by atoms with Gasteiger partial charge in [0.2, 0.25) is 0 Å². The number of amides is 2. The second-order valence-electron chi connectivity index (χ2n) is 3.11. The lowest BCUT2D eigenvalue weighted by Gasteiger charge is -2.09.